The maximum atomic E-state index is 12.6. The van der Waals surface area contributed by atoms with Crippen LogP contribution in [0, 0.1) is 6.92 Å². The standard InChI is InChI=1S/C14H21N3O/c1-10-3-4-13(15)12(9-10)14(18)17-8-7-16-6-5-11(17)2/h3-4,9,11,16H,5-8,15H2,1-2H3/t11-/m1/s1. The Balaban J connectivity index is 2.26. The van der Waals surface area contributed by atoms with E-state index in [1.165, 1.54) is 0 Å². The van der Waals surface area contributed by atoms with Gasteiger partial charge in [0.25, 0.3) is 5.91 Å². The van der Waals surface area contributed by atoms with Gasteiger partial charge in [0.15, 0.2) is 0 Å². The number of nitrogens with two attached hydrogens (primary N) is 1. The third-order valence-corrected chi connectivity index (χ3v) is 3.50. The lowest BCUT2D eigenvalue weighted by Crippen LogP contribution is -2.40. The van der Waals surface area contributed by atoms with E-state index in [0.29, 0.717) is 11.3 Å². The van der Waals surface area contributed by atoms with Crippen LogP contribution in [0.25, 0.3) is 0 Å². The van der Waals surface area contributed by atoms with Crippen LogP contribution in [0.15, 0.2) is 18.2 Å². The summed E-state index contributed by atoms with van der Waals surface area (Å²) in [6.45, 7) is 6.63. The fraction of sp³-hybridized carbons (Fsp3) is 0.500. The van der Waals surface area contributed by atoms with E-state index in [-0.39, 0.29) is 11.9 Å². The van der Waals surface area contributed by atoms with Crippen LogP contribution in [0.4, 0.5) is 5.69 Å². The van der Waals surface area contributed by atoms with Crippen LogP contribution in [0.1, 0.15) is 29.3 Å². The van der Waals surface area contributed by atoms with Gasteiger partial charge in [-0.3, -0.25) is 4.79 Å². The topological polar surface area (TPSA) is 58.4 Å². The van der Waals surface area contributed by atoms with Crippen LogP contribution in [0.3, 0.4) is 0 Å². The van der Waals surface area contributed by atoms with Gasteiger partial charge in [0, 0.05) is 24.8 Å². The van der Waals surface area contributed by atoms with E-state index in [2.05, 4.69) is 12.2 Å². The summed E-state index contributed by atoms with van der Waals surface area (Å²) in [7, 11) is 0. The zero-order valence-electron chi connectivity index (χ0n) is 11.1. The molecular weight excluding hydrogens is 226 g/mol. The van der Waals surface area contributed by atoms with Gasteiger partial charge in [-0.15, -0.1) is 0 Å². The summed E-state index contributed by atoms with van der Waals surface area (Å²) < 4.78 is 0. The Hall–Kier alpha value is -1.55. The molecule has 2 rings (SSSR count). The van der Waals surface area contributed by atoms with Crippen molar-refractivity contribution in [3.63, 3.8) is 0 Å². The number of carbonyl (C=O) groups is 1. The molecule has 4 nitrogen and oxygen atoms in total. The van der Waals surface area contributed by atoms with Crippen molar-refractivity contribution in [1.82, 2.24) is 10.2 Å². The number of hydrogen-bond donors (Lipinski definition) is 2. The van der Waals surface area contributed by atoms with Crippen LogP contribution >= 0.6 is 0 Å². The Labute approximate surface area is 108 Å². The average molecular weight is 247 g/mol. The number of nitrogens with one attached hydrogen (secondary N) is 1. The normalized spacial score (nSPS) is 20.6. The number of carbonyl (C=O) groups excluding carboxylic acids is 1. The molecule has 0 unspecified atom stereocenters. The SMILES string of the molecule is Cc1ccc(N)c(C(=O)N2CCNCC[C@H]2C)c1. The Kier molecular flexibility index (Phi) is 3.87. The third-order valence-electron chi connectivity index (χ3n) is 3.50. The van der Waals surface area contributed by atoms with E-state index >= 15 is 0 Å². The van der Waals surface area contributed by atoms with Crippen LogP contribution in [-0.2, 0) is 0 Å². The first-order valence-corrected chi connectivity index (χ1v) is 6.47. The van der Waals surface area contributed by atoms with Crippen molar-refractivity contribution >= 4 is 11.6 Å². The molecule has 0 bridgehead atoms. The van der Waals surface area contributed by atoms with Crippen LogP contribution in [0.5, 0.6) is 0 Å². The summed E-state index contributed by atoms with van der Waals surface area (Å²) in [5, 5.41) is 3.31. The van der Waals surface area contributed by atoms with E-state index in [1.54, 1.807) is 0 Å². The number of nitrogen functional groups attached to an aromatic ring is 1. The van der Waals surface area contributed by atoms with E-state index in [9.17, 15) is 4.79 Å². The molecule has 4 heteroatoms. The molecule has 1 aliphatic rings. The molecule has 0 aliphatic carbocycles. The zero-order valence-corrected chi connectivity index (χ0v) is 11.1. The molecule has 0 aromatic heterocycles. The number of hydrogen-bond acceptors (Lipinski definition) is 3. The second-order valence-corrected chi connectivity index (χ2v) is 4.98. The summed E-state index contributed by atoms with van der Waals surface area (Å²) in [6.07, 6.45) is 0.984. The Morgan fingerprint density at radius 3 is 3.00 bits per heavy atom. The Bertz CT molecular complexity index is 445. The second kappa shape index (κ2) is 5.40. The molecule has 0 radical (unpaired) electrons. The highest BCUT2D eigenvalue weighted by Crippen LogP contribution is 2.18. The number of rotatable bonds is 1. The molecule has 1 aliphatic heterocycles. The van der Waals surface area contributed by atoms with E-state index in [4.69, 9.17) is 5.73 Å². The lowest BCUT2D eigenvalue weighted by Gasteiger charge is -2.27. The van der Waals surface area contributed by atoms with Gasteiger partial charge in [-0.1, -0.05) is 11.6 Å². The van der Waals surface area contributed by atoms with Crippen molar-refractivity contribution in [2.24, 2.45) is 0 Å². The quantitative estimate of drug-likeness (QED) is 0.738. The smallest absolute Gasteiger partial charge is 0.256 e. The molecular formula is C14H21N3O. The molecule has 3 N–H and O–H groups in total. The largest absolute Gasteiger partial charge is 0.398 e. The van der Waals surface area contributed by atoms with Gasteiger partial charge in [0.2, 0.25) is 0 Å². The molecule has 1 fully saturated rings. The van der Waals surface area contributed by atoms with Gasteiger partial charge in [0.05, 0.1) is 5.56 Å². The molecule has 18 heavy (non-hydrogen) atoms. The van der Waals surface area contributed by atoms with Crippen molar-refractivity contribution in [2.75, 3.05) is 25.4 Å². The minimum absolute atomic E-state index is 0.0485. The summed E-state index contributed by atoms with van der Waals surface area (Å²) >= 11 is 0. The van der Waals surface area contributed by atoms with Crippen LogP contribution in [0.2, 0.25) is 0 Å². The number of anilines is 1. The number of nitrogens with zero attached hydrogens (tertiary/aromatic N) is 1. The number of aryl methyl sites for hydroxylation is 1. The Morgan fingerprint density at radius 2 is 2.22 bits per heavy atom. The zero-order chi connectivity index (χ0) is 13.1. The number of amides is 1. The molecule has 0 saturated carbocycles. The van der Waals surface area contributed by atoms with Gasteiger partial charge >= 0.3 is 0 Å². The first kappa shape index (κ1) is 12.9. The van der Waals surface area contributed by atoms with Gasteiger partial charge < -0.3 is 16.0 Å². The third kappa shape index (κ3) is 2.64. The molecule has 1 aromatic carbocycles. The lowest BCUT2D eigenvalue weighted by atomic mass is 10.1. The monoisotopic (exact) mass is 247 g/mol. The highest BCUT2D eigenvalue weighted by atomic mass is 16.2. The van der Waals surface area contributed by atoms with Gasteiger partial charge in [-0.2, -0.15) is 0 Å². The van der Waals surface area contributed by atoms with Gasteiger partial charge in [-0.05, 0) is 38.9 Å². The minimum atomic E-state index is 0.0485. The summed E-state index contributed by atoms with van der Waals surface area (Å²) in [4.78, 5) is 14.5. The van der Waals surface area contributed by atoms with Crippen molar-refractivity contribution in [3.05, 3.63) is 29.3 Å². The van der Waals surface area contributed by atoms with Gasteiger partial charge in [0.1, 0.15) is 0 Å². The molecule has 98 valence electrons. The highest BCUT2D eigenvalue weighted by molar-refractivity contribution is 5.99. The fourth-order valence-corrected chi connectivity index (χ4v) is 2.32. The van der Waals surface area contributed by atoms with Crippen molar-refractivity contribution in [1.29, 1.82) is 0 Å². The summed E-state index contributed by atoms with van der Waals surface area (Å²) in [5.41, 5.74) is 8.17. The maximum Gasteiger partial charge on any atom is 0.256 e. The minimum Gasteiger partial charge on any atom is -0.398 e. The maximum absolute atomic E-state index is 12.6. The highest BCUT2D eigenvalue weighted by Gasteiger charge is 2.24. The molecule has 1 heterocycles. The lowest BCUT2D eigenvalue weighted by molar-refractivity contribution is 0.0705. The van der Waals surface area contributed by atoms with Crippen molar-refractivity contribution in [2.45, 2.75) is 26.3 Å². The predicted octanol–water partition coefficient (Wildman–Crippen LogP) is 1.40. The van der Waals surface area contributed by atoms with Crippen molar-refractivity contribution < 1.29 is 4.79 Å². The fourth-order valence-electron chi connectivity index (χ4n) is 2.32. The second-order valence-electron chi connectivity index (χ2n) is 4.98. The van der Waals surface area contributed by atoms with Gasteiger partial charge in [-0.25, -0.2) is 0 Å². The van der Waals surface area contributed by atoms with E-state index in [0.717, 1.165) is 31.6 Å². The molecule has 0 spiro atoms. The van der Waals surface area contributed by atoms with E-state index in [1.807, 2.05) is 30.0 Å². The average Bonchev–Trinajstić information content (AvgIpc) is 2.56. The molecule has 1 saturated heterocycles. The summed E-state index contributed by atoms with van der Waals surface area (Å²) in [5.74, 6) is 0.0485. The van der Waals surface area contributed by atoms with Crippen molar-refractivity contribution in [3.8, 4) is 0 Å². The van der Waals surface area contributed by atoms with Crippen LogP contribution in [-0.4, -0.2) is 36.5 Å². The van der Waals surface area contributed by atoms with Crippen LogP contribution < -0.4 is 11.1 Å². The number of benzene rings is 1. The Morgan fingerprint density at radius 1 is 1.44 bits per heavy atom. The van der Waals surface area contributed by atoms with E-state index < -0.39 is 0 Å². The summed E-state index contributed by atoms with van der Waals surface area (Å²) in [6, 6.07) is 5.87. The molecule has 1 atom stereocenters. The molecule has 1 amide bonds. The predicted molar refractivity (Wildman–Crippen MR) is 73.6 cm³/mol. The first-order chi connectivity index (χ1) is 8.59. The molecule has 1 aromatic rings. The first-order valence-electron chi connectivity index (χ1n) is 6.47.